The fourth-order valence-electron chi connectivity index (χ4n) is 2.14. The summed E-state index contributed by atoms with van der Waals surface area (Å²) in [5.41, 5.74) is 3.70. The van der Waals surface area contributed by atoms with Gasteiger partial charge < -0.3 is 4.74 Å². The van der Waals surface area contributed by atoms with Gasteiger partial charge in [-0.15, -0.1) is 0 Å². The molecular formula is C14H18Cl2N2O2S. The second-order valence-electron chi connectivity index (χ2n) is 4.86. The van der Waals surface area contributed by atoms with Crippen LogP contribution in [0, 0.1) is 5.92 Å². The molecule has 0 saturated carbocycles. The Morgan fingerprint density at radius 1 is 1.33 bits per heavy atom. The first-order chi connectivity index (χ1) is 10.1. The molecule has 1 aromatic rings. The maximum atomic E-state index is 12.3. The topological polar surface area (TPSA) is 41.6 Å². The van der Waals surface area contributed by atoms with Crippen molar-refractivity contribution in [3.63, 3.8) is 0 Å². The summed E-state index contributed by atoms with van der Waals surface area (Å²) >= 11 is 16.6. The third-order valence-electron chi connectivity index (χ3n) is 3.38. The second-order valence-corrected chi connectivity index (χ2v) is 6.04. The van der Waals surface area contributed by atoms with Crippen LogP contribution in [0.4, 0.5) is 0 Å². The number of carbonyl (C=O) groups is 1. The zero-order valence-corrected chi connectivity index (χ0v) is 13.9. The number of carbonyl (C=O) groups excluding carboxylic acids is 1. The van der Waals surface area contributed by atoms with Gasteiger partial charge in [-0.2, -0.15) is 12.6 Å². The number of hydrogen-bond donors (Lipinski definition) is 2. The third-order valence-corrected chi connectivity index (χ3v) is 4.53. The molecule has 0 radical (unpaired) electrons. The summed E-state index contributed by atoms with van der Waals surface area (Å²) in [5, 5.41) is 3.03. The Balaban J connectivity index is 2.00. The lowest BCUT2D eigenvalue weighted by molar-refractivity contribution is -0.131. The molecule has 116 valence electrons. The van der Waals surface area contributed by atoms with Crippen molar-refractivity contribution in [2.24, 2.45) is 5.92 Å². The summed E-state index contributed by atoms with van der Waals surface area (Å²) < 4.78 is 5.25. The zero-order valence-electron chi connectivity index (χ0n) is 11.5. The van der Waals surface area contributed by atoms with Crippen LogP contribution in [0.1, 0.15) is 5.56 Å². The van der Waals surface area contributed by atoms with Crippen LogP contribution in [-0.2, 0) is 16.0 Å². The van der Waals surface area contributed by atoms with E-state index in [2.05, 4.69) is 18.1 Å². The normalized spacial score (nSPS) is 17.5. The SMILES string of the molecule is O=C(NN1CCOCC1)C(CS)Cc1c(Cl)cccc1Cl. The van der Waals surface area contributed by atoms with Crippen molar-refractivity contribution in [3.05, 3.63) is 33.8 Å². The van der Waals surface area contributed by atoms with Crippen LogP contribution in [0.15, 0.2) is 18.2 Å². The molecule has 2 rings (SSSR count). The Bertz CT molecular complexity index is 476. The minimum Gasteiger partial charge on any atom is -0.379 e. The van der Waals surface area contributed by atoms with Crippen molar-refractivity contribution < 1.29 is 9.53 Å². The smallest absolute Gasteiger partial charge is 0.238 e. The summed E-state index contributed by atoms with van der Waals surface area (Å²) in [6, 6.07) is 5.34. The van der Waals surface area contributed by atoms with Crippen molar-refractivity contribution in [2.75, 3.05) is 32.1 Å². The Morgan fingerprint density at radius 3 is 2.52 bits per heavy atom. The lowest BCUT2D eigenvalue weighted by atomic mass is 10.00. The average molecular weight is 349 g/mol. The number of hydrazine groups is 1. The highest BCUT2D eigenvalue weighted by Gasteiger charge is 2.22. The standard InChI is InChI=1S/C14H18Cl2N2O2S/c15-12-2-1-3-13(16)11(12)8-10(9-21)14(19)17-18-4-6-20-7-5-18/h1-3,10,21H,4-9H2,(H,17,19). The van der Waals surface area contributed by atoms with E-state index >= 15 is 0 Å². The average Bonchev–Trinajstić information content (AvgIpc) is 2.48. The minimum absolute atomic E-state index is 0.0668. The van der Waals surface area contributed by atoms with Crippen molar-refractivity contribution in [1.29, 1.82) is 0 Å². The van der Waals surface area contributed by atoms with Gasteiger partial charge in [-0.05, 0) is 24.1 Å². The molecule has 21 heavy (non-hydrogen) atoms. The number of rotatable bonds is 5. The molecule has 4 nitrogen and oxygen atoms in total. The monoisotopic (exact) mass is 348 g/mol. The van der Waals surface area contributed by atoms with Gasteiger partial charge >= 0.3 is 0 Å². The molecule has 0 spiro atoms. The molecule has 1 fully saturated rings. The third kappa shape index (κ3) is 4.76. The van der Waals surface area contributed by atoms with E-state index in [0.29, 0.717) is 48.5 Å². The number of ether oxygens (including phenoxy) is 1. The number of nitrogens with one attached hydrogen (secondary N) is 1. The molecule has 0 aromatic heterocycles. The summed E-state index contributed by atoms with van der Waals surface area (Å²) in [5.74, 6) is 0.0778. The first kappa shape index (κ1) is 16.9. The number of nitrogens with zero attached hydrogens (tertiary/aromatic N) is 1. The van der Waals surface area contributed by atoms with Crippen LogP contribution < -0.4 is 5.43 Å². The molecule has 1 N–H and O–H groups in total. The second kappa shape index (κ2) is 8.25. The van der Waals surface area contributed by atoms with Crippen LogP contribution in [0.3, 0.4) is 0 Å². The van der Waals surface area contributed by atoms with Gasteiger partial charge in [-0.25, -0.2) is 5.01 Å². The fraction of sp³-hybridized carbons (Fsp3) is 0.500. The Labute approximate surface area is 140 Å². The number of benzene rings is 1. The number of hydrogen-bond acceptors (Lipinski definition) is 4. The number of morpholine rings is 1. The fourth-order valence-corrected chi connectivity index (χ4v) is 2.98. The quantitative estimate of drug-likeness (QED) is 0.803. The van der Waals surface area contributed by atoms with E-state index in [1.165, 1.54) is 0 Å². The number of halogens is 2. The first-order valence-electron chi connectivity index (χ1n) is 6.78. The highest BCUT2D eigenvalue weighted by atomic mass is 35.5. The highest BCUT2D eigenvalue weighted by Crippen LogP contribution is 2.27. The van der Waals surface area contributed by atoms with Crippen LogP contribution in [0.2, 0.25) is 10.0 Å². The van der Waals surface area contributed by atoms with Crippen molar-refractivity contribution in [3.8, 4) is 0 Å². The van der Waals surface area contributed by atoms with Crippen molar-refractivity contribution in [2.45, 2.75) is 6.42 Å². The molecular weight excluding hydrogens is 331 g/mol. The number of thiol groups is 1. The molecule has 1 aliphatic heterocycles. The Hall–Kier alpha value is -0.460. The molecule has 0 bridgehead atoms. The predicted molar refractivity (Wildman–Crippen MR) is 88.0 cm³/mol. The number of amides is 1. The summed E-state index contributed by atoms with van der Waals surface area (Å²) in [6.07, 6.45) is 0.470. The largest absolute Gasteiger partial charge is 0.379 e. The maximum absolute atomic E-state index is 12.3. The molecule has 1 unspecified atom stereocenters. The Morgan fingerprint density at radius 2 is 1.95 bits per heavy atom. The molecule has 1 aliphatic rings. The zero-order chi connectivity index (χ0) is 15.2. The lowest BCUT2D eigenvalue weighted by Gasteiger charge is -2.28. The molecule has 0 aliphatic carbocycles. The van der Waals surface area contributed by atoms with E-state index in [4.69, 9.17) is 27.9 Å². The van der Waals surface area contributed by atoms with Gasteiger partial charge in [0.05, 0.1) is 19.1 Å². The van der Waals surface area contributed by atoms with Gasteiger partial charge in [0.2, 0.25) is 5.91 Å². The van der Waals surface area contributed by atoms with Crippen LogP contribution in [0.25, 0.3) is 0 Å². The minimum atomic E-state index is -0.284. The van der Waals surface area contributed by atoms with Gasteiger partial charge in [0, 0.05) is 28.9 Å². The summed E-state index contributed by atoms with van der Waals surface area (Å²) in [6.45, 7) is 2.64. The van der Waals surface area contributed by atoms with E-state index in [1.54, 1.807) is 18.2 Å². The molecule has 1 amide bonds. The first-order valence-corrected chi connectivity index (χ1v) is 8.17. The maximum Gasteiger partial charge on any atom is 0.238 e. The van der Waals surface area contributed by atoms with Crippen molar-refractivity contribution >= 4 is 41.7 Å². The van der Waals surface area contributed by atoms with Gasteiger partial charge in [-0.3, -0.25) is 10.2 Å². The predicted octanol–water partition coefficient (Wildman–Crippen LogP) is 2.45. The molecule has 1 heterocycles. The lowest BCUT2D eigenvalue weighted by Crippen LogP contribution is -2.50. The van der Waals surface area contributed by atoms with E-state index < -0.39 is 0 Å². The highest BCUT2D eigenvalue weighted by molar-refractivity contribution is 7.80. The molecule has 1 saturated heterocycles. The van der Waals surface area contributed by atoms with Gasteiger partial charge in [-0.1, -0.05) is 29.3 Å². The van der Waals surface area contributed by atoms with Crippen molar-refractivity contribution in [1.82, 2.24) is 10.4 Å². The summed E-state index contributed by atoms with van der Waals surface area (Å²) in [4.78, 5) is 12.3. The van der Waals surface area contributed by atoms with Crippen LogP contribution in [-0.4, -0.2) is 43.0 Å². The van der Waals surface area contributed by atoms with E-state index in [0.717, 1.165) is 5.56 Å². The van der Waals surface area contributed by atoms with Gasteiger partial charge in [0.15, 0.2) is 0 Å². The van der Waals surface area contributed by atoms with E-state index in [-0.39, 0.29) is 11.8 Å². The van der Waals surface area contributed by atoms with E-state index in [9.17, 15) is 4.79 Å². The van der Waals surface area contributed by atoms with Gasteiger partial charge in [0.1, 0.15) is 0 Å². The van der Waals surface area contributed by atoms with Gasteiger partial charge in [0.25, 0.3) is 0 Å². The van der Waals surface area contributed by atoms with Crippen LogP contribution >= 0.6 is 35.8 Å². The molecule has 1 atom stereocenters. The molecule has 7 heteroatoms. The van der Waals surface area contributed by atoms with E-state index in [1.807, 2.05) is 5.01 Å². The molecule has 1 aromatic carbocycles. The Kier molecular flexibility index (Phi) is 6.64. The summed E-state index contributed by atoms with van der Waals surface area (Å²) in [7, 11) is 0. The van der Waals surface area contributed by atoms with Crippen LogP contribution in [0.5, 0.6) is 0 Å².